The van der Waals surface area contributed by atoms with E-state index < -0.39 is 26.9 Å². The van der Waals surface area contributed by atoms with Gasteiger partial charge < -0.3 is 5.32 Å². The summed E-state index contributed by atoms with van der Waals surface area (Å²) in [5.41, 5.74) is 0.0321. The number of anilines is 2. The third-order valence-electron chi connectivity index (χ3n) is 3.80. The van der Waals surface area contributed by atoms with Crippen molar-refractivity contribution in [3.05, 3.63) is 62.6 Å². The van der Waals surface area contributed by atoms with Gasteiger partial charge in [0.25, 0.3) is 5.69 Å². The van der Waals surface area contributed by atoms with Crippen molar-refractivity contribution >= 4 is 56.2 Å². The molecular formula is C17H17Cl2N3O5S. The predicted molar refractivity (Wildman–Crippen MR) is 110 cm³/mol. The molecule has 0 saturated heterocycles. The number of amides is 1. The standard InChI is InChI=1S/C17H17Cl2N3O5S/c1-3-15(17(23)20-12-5-4-6-13(10-12)22(24)25)21(28(2,26)27)16-9-11(18)7-8-14(16)19/h4-10,15H,3H2,1-2H3,(H,20,23)/t15-/m0/s1. The van der Waals surface area contributed by atoms with Crippen molar-refractivity contribution in [2.24, 2.45) is 0 Å². The number of nitro groups is 1. The molecule has 2 aromatic rings. The molecule has 1 N–H and O–H groups in total. The number of nitro benzene ring substituents is 1. The van der Waals surface area contributed by atoms with Crippen LogP contribution in [0.4, 0.5) is 17.1 Å². The van der Waals surface area contributed by atoms with E-state index in [9.17, 15) is 23.3 Å². The molecule has 28 heavy (non-hydrogen) atoms. The molecular weight excluding hydrogens is 429 g/mol. The molecule has 150 valence electrons. The lowest BCUT2D eigenvalue weighted by Gasteiger charge is -2.30. The van der Waals surface area contributed by atoms with Crippen LogP contribution in [0.2, 0.25) is 10.0 Å². The summed E-state index contributed by atoms with van der Waals surface area (Å²) in [4.78, 5) is 23.1. The lowest BCUT2D eigenvalue weighted by Crippen LogP contribution is -2.47. The monoisotopic (exact) mass is 445 g/mol. The Morgan fingerprint density at radius 3 is 2.50 bits per heavy atom. The Morgan fingerprint density at radius 2 is 1.93 bits per heavy atom. The van der Waals surface area contributed by atoms with Gasteiger partial charge in [0, 0.05) is 22.8 Å². The van der Waals surface area contributed by atoms with Gasteiger partial charge in [0.15, 0.2) is 0 Å². The molecule has 0 aliphatic heterocycles. The van der Waals surface area contributed by atoms with Crippen molar-refractivity contribution < 1.29 is 18.1 Å². The van der Waals surface area contributed by atoms with Gasteiger partial charge in [-0.15, -0.1) is 0 Å². The van der Waals surface area contributed by atoms with Crippen molar-refractivity contribution in [3.63, 3.8) is 0 Å². The van der Waals surface area contributed by atoms with Gasteiger partial charge in [-0.05, 0) is 30.7 Å². The second-order valence-electron chi connectivity index (χ2n) is 5.88. The molecule has 2 aromatic carbocycles. The van der Waals surface area contributed by atoms with Crippen LogP contribution in [0.5, 0.6) is 0 Å². The minimum atomic E-state index is -3.91. The Kier molecular flexibility index (Phi) is 6.87. The fraction of sp³-hybridized carbons (Fsp3) is 0.235. The molecule has 1 atom stereocenters. The van der Waals surface area contributed by atoms with Crippen LogP contribution in [0.3, 0.4) is 0 Å². The number of carbonyl (C=O) groups excluding carboxylic acids is 1. The maximum absolute atomic E-state index is 12.8. The lowest BCUT2D eigenvalue weighted by atomic mass is 10.1. The molecule has 11 heteroatoms. The zero-order valence-corrected chi connectivity index (χ0v) is 17.3. The van der Waals surface area contributed by atoms with Gasteiger partial charge in [0.1, 0.15) is 6.04 Å². The number of hydrogen-bond donors (Lipinski definition) is 1. The second kappa shape index (κ2) is 8.76. The molecule has 0 spiro atoms. The van der Waals surface area contributed by atoms with Crippen molar-refractivity contribution in [2.45, 2.75) is 19.4 Å². The molecule has 8 nitrogen and oxygen atoms in total. The van der Waals surface area contributed by atoms with E-state index in [4.69, 9.17) is 23.2 Å². The Morgan fingerprint density at radius 1 is 1.25 bits per heavy atom. The van der Waals surface area contributed by atoms with E-state index in [0.29, 0.717) is 0 Å². The molecule has 2 rings (SSSR count). The van der Waals surface area contributed by atoms with Crippen LogP contribution in [0.1, 0.15) is 13.3 Å². The van der Waals surface area contributed by atoms with E-state index in [2.05, 4.69) is 5.32 Å². The number of non-ortho nitro benzene ring substituents is 1. The summed E-state index contributed by atoms with van der Waals surface area (Å²) in [6.45, 7) is 1.63. The van der Waals surface area contributed by atoms with Crippen LogP contribution in [0.25, 0.3) is 0 Å². The van der Waals surface area contributed by atoms with Crippen LogP contribution >= 0.6 is 23.2 Å². The Hall–Kier alpha value is -2.36. The smallest absolute Gasteiger partial charge is 0.271 e. The van der Waals surface area contributed by atoms with Gasteiger partial charge in [-0.25, -0.2) is 8.42 Å². The highest BCUT2D eigenvalue weighted by molar-refractivity contribution is 7.92. The summed E-state index contributed by atoms with van der Waals surface area (Å²) in [6.07, 6.45) is 1.07. The van der Waals surface area contributed by atoms with Crippen molar-refractivity contribution in [1.82, 2.24) is 0 Å². The van der Waals surface area contributed by atoms with E-state index in [1.165, 1.54) is 42.5 Å². The van der Waals surface area contributed by atoms with Gasteiger partial charge in [0.2, 0.25) is 15.9 Å². The molecule has 0 aliphatic rings. The highest BCUT2D eigenvalue weighted by atomic mass is 35.5. The van der Waals surface area contributed by atoms with Crippen molar-refractivity contribution in [3.8, 4) is 0 Å². The number of rotatable bonds is 7. The van der Waals surface area contributed by atoms with Gasteiger partial charge >= 0.3 is 0 Å². The fourth-order valence-corrected chi connectivity index (χ4v) is 4.25. The largest absolute Gasteiger partial charge is 0.324 e. The maximum atomic E-state index is 12.8. The number of halogens is 2. The number of nitrogens with one attached hydrogen (secondary N) is 1. The minimum Gasteiger partial charge on any atom is -0.324 e. The van der Waals surface area contributed by atoms with Crippen LogP contribution in [0, 0.1) is 10.1 Å². The zero-order chi connectivity index (χ0) is 21.1. The van der Waals surface area contributed by atoms with Gasteiger partial charge in [-0.2, -0.15) is 0 Å². The van der Waals surface area contributed by atoms with Crippen molar-refractivity contribution in [2.75, 3.05) is 15.9 Å². The number of hydrogen-bond acceptors (Lipinski definition) is 5. The average molecular weight is 446 g/mol. The zero-order valence-electron chi connectivity index (χ0n) is 14.9. The first-order valence-electron chi connectivity index (χ1n) is 8.04. The Balaban J connectivity index is 2.44. The molecule has 0 heterocycles. The topological polar surface area (TPSA) is 110 Å². The molecule has 0 radical (unpaired) electrons. The molecule has 0 saturated carbocycles. The third-order valence-corrected chi connectivity index (χ3v) is 5.52. The first kappa shape index (κ1) is 21.9. The predicted octanol–water partition coefficient (Wildman–Crippen LogP) is 4.08. The van der Waals surface area contributed by atoms with Crippen LogP contribution < -0.4 is 9.62 Å². The molecule has 0 aliphatic carbocycles. The number of benzene rings is 2. The second-order valence-corrected chi connectivity index (χ2v) is 8.58. The van der Waals surface area contributed by atoms with Gasteiger partial charge in [0.05, 0.1) is 21.9 Å². The summed E-state index contributed by atoms with van der Waals surface area (Å²) >= 11 is 12.1. The van der Waals surface area contributed by atoms with Gasteiger partial charge in [-0.1, -0.05) is 36.2 Å². The Bertz CT molecular complexity index is 1010. The highest BCUT2D eigenvalue weighted by Gasteiger charge is 2.33. The summed E-state index contributed by atoms with van der Waals surface area (Å²) in [7, 11) is -3.91. The number of carbonyl (C=O) groups is 1. The van der Waals surface area contributed by atoms with E-state index in [1.807, 2.05) is 0 Å². The van der Waals surface area contributed by atoms with Crippen LogP contribution in [-0.4, -0.2) is 31.5 Å². The number of sulfonamides is 1. The van der Waals surface area contributed by atoms with Gasteiger partial charge in [-0.3, -0.25) is 19.2 Å². The van der Waals surface area contributed by atoms with Crippen LogP contribution in [0.15, 0.2) is 42.5 Å². The normalized spacial score (nSPS) is 12.3. The minimum absolute atomic E-state index is 0.0673. The summed E-state index contributed by atoms with van der Waals surface area (Å²) in [5, 5.41) is 13.8. The molecule has 0 aromatic heterocycles. The first-order chi connectivity index (χ1) is 13.0. The average Bonchev–Trinajstić information content (AvgIpc) is 2.61. The van der Waals surface area contributed by atoms with E-state index in [0.717, 1.165) is 10.6 Å². The van der Waals surface area contributed by atoms with Crippen LogP contribution in [-0.2, 0) is 14.8 Å². The quantitative estimate of drug-likeness (QED) is 0.509. The third kappa shape index (κ3) is 5.12. The van der Waals surface area contributed by atoms with E-state index in [-0.39, 0.29) is 33.5 Å². The molecule has 1 amide bonds. The highest BCUT2D eigenvalue weighted by Crippen LogP contribution is 2.33. The summed E-state index contributed by atoms with van der Waals surface area (Å²) < 4.78 is 25.8. The molecule has 0 bridgehead atoms. The van der Waals surface area contributed by atoms with E-state index in [1.54, 1.807) is 6.92 Å². The number of nitrogens with zero attached hydrogens (tertiary/aromatic N) is 2. The van der Waals surface area contributed by atoms with Crippen molar-refractivity contribution in [1.29, 1.82) is 0 Å². The first-order valence-corrected chi connectivity index (χ1v) is 10.6. The molecule has 0 fully saturated rings. The summed E-state index contributed by atoms with van der Waals surface area (Å²) in [6, 6.07) is 8.48. The maximum Gasteiger partial charge on any atom is 0.271 e. The molecule has 0 unspecified atom stereocenters. The summed E-state index contributed by atoms with van der Waals surface area (Å²) in [5.74, 6) is -0.663. The Labute approximate surface area is 172 Å². The fourth-order valence-electron chi connectivity index (χ4n) is 2.61. The van der Waals surface area contributed by atoms with E-state index >= 15 is 0 Å². The SMILES string of the molecule is CC[C@@H](C(=O)Nc1cccc([N+](=O)[O-])c1)N(c1cc(Cl)ccc1Cl)S(C)(=O)=O. The lowest BCUT2D eigenvalue weighted by molar-refractivity contribution is -0.384.